The van der Waals surface area contributed by atoms with Crippen LogP contribution in [0.3, 0.4) is 0 Å². The Morgan fingerprint density at radius 1 is 1.33 bits per heavy atom. The van der Waals surface area contributed by atoms with Gasteiger partial charge in [0.15, 0.2) is 0 Å². The quantitative estimate of drug-likeness (QED) is 0.606. The topological polar surface area (TPSA) is 12.9 Å². The molecule has 1 nitrogen and oxygen atoms in total. The molecule has 0 saturated carbocycles. The normalized spacial score (nSPS) is 10.1. The van der Waals surface area contributed by atoms with Gasteiger partial charge in [-0.15, -0.1) is 0 Å². The lowest BCUT2D eigenvalue weighted by Gasteiger charge is -1.98. The summed E-state index contributed by atoms with van der Waals surface area (Å²) in [6.45, 7) is 2.23. The van der Waals surface area contributed by atoms with Gasteiger partial charge in [-0.1, -0.05) is 32.3 Å². The van der Waals surface area contributed by atoms with Gasteiger partial charge in [-0.3, -0.25) is 4.98 Å². The number of unbranched alkanes of at least 4 members (excludes halogenated alkanes) is 3. The van der Waals surface area contributed by atoms with Gasteiger partial charge in [0.05, 0.1) is 6.20 Å². The predicted molar refractivity (Wildman–Crippen MR) is 50.9 cm³/mol. The molecule has 0 unspecified atom stereocenters. The average molecular weight is 162 g/mol. The maximum absolute atomic E-state index is 4.15. The third-order valence-corrected chi connectivity index (χ3v) is 1.95. The largest absolute Gasteiger partial charge is 0.251 e. The maximum Gasteiger partial charge on any atom is 0.0889 e. The molecule has 0 bridgehead atoms. The lowest BCUT2D eigenvalue weighted by atomic mass is 10.1. The second-order valence-electron chi connectivity index (χ2n) is 3.07. The second-order valence-corrected chi connectivity index (χ2v) is 3.07. The molecule has 0 saturated heterocycles. The maximum atomic E-state index is 4.15. The number of nitrogens with zero attached hydrogens (tertiary/aromatic N) is 1. The van der Waals surface area contributed by atoms with Crippen molar-refractivity contribution in [3.8, 4) is 0 Å². The van der Waals surface area contributed by atoms with Crippen LogP contribution >= 0.6 is 0 Å². The molecule has 0 spiro atoms. The highest BCUT2D eigenvalue weighted by Gasteiger charge is 1.92. The Hall–Kier alpha value is -0.850. The summed E-state index contributed by atoms with van der Waals surface area (Å²) in [5.41, 5.74) is 1.17. The summed E-state index contributed by atoms with van der Waals surface area (Å²) in [5.74, 6) is 0. The Labute approximate surface area is 74.8 Å². The van der Waals surface area contributed by atoms with Crippen molar-refractivity contribution in [2.75, 3.05) is 0 Å². The highest BCUT2D eigenvalue weighted by molar-refractivity contribution is 5.02. The second kappa shape index (κ2) is 5.76. The smallest absolute Gasteiger partial charge is 0.0889 e. The number of aromatic nitrogens is 1. The molecular formula is C11H16N. The summed E-state index contributed by atoms with van der Waals surface area (Å²) in [6.07, 6.45) is 9.19. The summed E-state index contributed by atoms with van der Waals surface area (Å²) < 4.78 is 0. The Morgan fingerprint density at radius 3 is 2.92 bits per heavy atom. The van der Waals surface area contributed by atoms with Crippen molar-refractivity contribution < 1.29 is 0 Å². The van der Waals surface area contributed by atoms with Crippen molar-refractivity contribution in [2.24, 2.45) is 0 Å². The SMILES string of the molecule is CCCCCCc1ccc[c]n1. The highest BCUT2D eigenvalue weighted by atomic mass is 14.7. The van der Waals surface area contributed by atoms with Gasteiger partial charge in [0.2, 0.25) is 0 Å². The lowest BCUT2D eigenvalue weighted by Crippen LogP contribution is -1.88. The molecule has 0 fully saturated rings. The Kier molecular flexibility index (Phi) is 4.43. The minimum absolute atomic E-state index is 1.11. The van der Waals surface area contributed by atoms with Gasteiger partial charge in [-0.2, -0.15) is 0 Å². The Bertz CT molecular complexity index is 193. The van der Waals surface area contributed by atoms with E-state index in [1.165, 1.54) is 31.4 Å². The van der Waals surface area contributed by atoms with E-state index in [1.54, 1.807) is 0 Å². The molecule has 0 atom stereocenters. The summed E-state index contributed by atoms with van der Waals surface area (Å²) in [6, 6.07) is 5.92. The molecule has 0 aliphatic heterocycles. The zero-order valence-corrected chi connectivity index (χ0v) is 7.71. The van der Waals surface area contributed by atoms with Crippen LogP contribution < -0.4 is 0 Å². The number of aryl methyl sites for hydroxylation is 1. The van der Waals surface area contributed by atoms with Crippen molar-refractivity contribution in [2.45, 2.75) is 39.0 Å². The van der Waals surface area contributed by atoms with Crippen molar-refractivity contribution in [1.82, 2.24) is 4.98 Å². The summed E-state index contributed by atoms with van der Waals surface area (Å²) >= 11 is 0. The van der Waals surface area contributed by atoms with E-state index in [0.29, 0.717) is 0 Å². The van der Waals surface area contributed by atoms with Gasteiger partial charge in [-0.05, 0) is 25.0 Å². The van der Waals surface area contributed by atoms with Gasteiger partial charge in [-0.25, -0.2) is 0 Å². The predicted octanol–water partition coefficient (Wildman–Crippen LogP) is 3.00. The summed E-state index contributed by atoms with van der Waals surface area (Å²) in [7, 11) is 0. The fraction of sp³-hybridized carbons (Fsp3) is 0.545. The highest BCUT2D eigenvalue weighted by Crippen LogP contribution is 2.04. The molecule has 0 aromatic carbocycles. The zero-order chi connectivity index (χ0) is 8.65. The molecule has 1 heteroatoms. The molecule has 0 aliphatic carbocycles. The van der Waals surface area contributed by atoms with Gasteiger partial charge in [0.1, 0.15) is 0 Å². The van der Waals surface area contributed by atoms with Crippen LogP contribution in [-0.4, -0.2) is 4.98 Å². The van der Waals surface area contributed by atoms with Crippen LogP contribution in [0.4, 0.5) is 0 Å². The van der Waals surface area contributed by atoms with Crippen molar-refractivity contribution in [3.05, 3.63) is 30.1 Å². The minimum atomic E-state index is 1.11. The molecular weight excluding hydrogens is 146 g/mol. The first-order valence-electron chi connectivity index (χ1n) is 4.75. The Balaban J connectivity index is 2.16. The first kappa shape index (κ1) is 9.24. The van der Waals surface area contributed by atoms with Crippen LogP contribution in [0, 0.1) is 6.20 Å². The number of rotatable bonds is 5. The summed E-state index contributed by atoms with van der Waals surface area (Å²) in [4.78, 5) is 4.15. The van der Waals surface area contributed by atoms with E-state index in [-0.39, 0.29) is 0 Å². The fourth-order valence-corrected chi connectivity index (χ4v) is 1.23. The van der Waals surface area contributed by atoms with Crippen molar-refractivity contribution in [1.29, 1.82) is 0 Å². The van der Waals surface area contributed by atoms with Crippen LogP contribution in [-0.2, 0) is 6.42 Å². The number of pyridine rings is 1. The standard InChI is InChI=1S/C11H16N/c1-2-3-4-5-8-11-9-6-7-10-12-11/h6-7,9H,2-5,8H2,1H3. The molecule has 0 N–H and O–H groups in total. The van der Waals surface area contributed by atoms with Crippen LogP contribution in [0.15, 0.2) is 18.2 Å². The fourth-order valence-electron chi connectivity index (χ4n) is 1.23. The van der Waals surface area contributed by atoms with Crippen LogP contribution in [0.25, 0.3) is 0 Å². The van der Waals surface area contributed by atoms with Crippen LogP contribution in [0.1, 0.15) is 38.3 Å². The third kappa shape index (κ3) is 3.51. The van der Waals surface area contributed by atoms with E-state index in [4.69, 9.17) is 0 Å². The van der Waals surface area contributed by atoms with Gasteiger partial charge in [0, 0.05) is 5.69 Å². The minimum Gasteiger partial charge on any atom is -0.251 e. The molecule has 65 valence electrons. The van der Waals surface area contributed by atoms with E-state index in [9.17, 15) is 0 Å². The number of hydrogen-bond acceptors (Lipinski definition) is 1. The molecule has 0 aliphatic rings. The molecule has 1 rings (SSSR count). The zero-order valence-electron chi connectivity index (χ0n) is 7.71. The molecule has 1 aromatic heterocycles. The monoisotopic (exact) mass is 162 g/mol. The molecule has 12 heavy (non-hydrogen) atoms. The first-order chi connectivity index (χ1) is 5.93. The van der Waals surface area contributed by atoms with E-state index < -0.39 is 0 Å². The third-order valence-electron chi connectivity index (χ3n) is 1.95. The van der Waals surface area contributed by atoms with Gasteiger partial charge in [0.25, 0.3) is 0 Å². The van der Waals surface area contributed by atoms with Crippen molar-refractivity contribution >= 4 is 0 Å². The van der Waals surface area contributed by atoms with E-state index in [0.717, 1.165) is 6.42 Å². The molecule has 1 heterocycles. The average Bonchev–Trinajstić information content (AvgIpc) is 2.14. The first-order valence-corrected chi connectivity index (χ1v) is 4.75. The number of hydrogen-bond donors (Lipinski definition) is 0. The van der Waals surface area contributed by atoms with E-state index in [2.05, 4.69) is 24.2 Å². The van der Waals surface area contributed by atoms with Crippen LogP contribution in [0.2, 0.25) is 0 Å². The molecule has 0 amide bonds. The van der Waals surface area contributed by atoms with Gasteiger partial charge >= 0.3 is 0 Å². The van der Waals surface area contributed by atoms with Crippen molar-refractivity contribution in [3.63, 3.8) is 0 Å². The molecule has 1 aromatic rings. The Morgan fingerprint density at radius 2 is 2.25 bits per heavy atom. The summed E-state index contributed by atoms with van der Waals surface area (Å²) in [5, 5.41) is 0. The molecule has 1 radical (unpaired) electrons. The van der Waals surface area contributed by atoms with E-state index >= 15 is 0 Å². The lowest BCUT2D eigenvalue weighted by molar-refractivity contribution is 0.660. The van der Waals surface area contributed by atoms with Crippen LogP contribution in [0.5, 0.6) is 0 Å². The van der Waals surface area contributed by atoms with E-state index in [1.807, 2.05) is 12.1 Å². The van der Waals surface area contributed by atoms with Gasteiger partial charge < -0.3 is 0 Å².